The maximum absolute atomic E-state index is 12.2. The molecule has 1 saturated heterocycles. The quantitative estimate of drug-likeness (QED) is 0.450. The fourth-order valence-corrected chi connectivity index (χ4v) is 4.25. The van der Waals surface area contributed by atoms with Crippen LogP contribution in [-0.2, 0) is 4.79 Å². The zero-order valence-corrected chi connectivity index (χ0v) is 16.5. The highest BCUT2D eigenvalue weighted by molar-refractivity contribution is 9.10. The summed E-state index contributed by atoms with van der Waals surface area (Å²) in [4.78, 5) is 26.2. The van der Waals surface area contributed by atoms with Gasteiger partial charge in [0.05, 0.1) is 15.9 Å². The van der Waals surface area contributed by atoms with Crippen LogP contribution in [0.4, 0.5) is 4.79 Å². The highest BCUT2D eigenvalue weighted by atomic mass is 79.9. The van der Waals surface area contributed by atoms with Gasteiger partial charge in [-0.05, 0) is 58.0 Å². The fourth-order valence-electron chi connectivity index (χ4n) is 1.98. The Morgan fingerprint density at radius 2 is 2.08 bits per heavy atom. The fraction of sp³-hybridized carbons (Fsp3) is 0.0588. The Bertz CT molecular complexity index is 915. The minimum Gasteiger partial charge on any atom is -0.449 e. The number of halogens is 2. The molecule has 8 heteroatoms. The van der Waals surface area contributed by atoms with Gasteiger partial charge in [-0.15, -0.1) is 6.42 Å². The van der Waals surface area contributed by atoms with Crippen molar-refractivity contribution in [3.63, 3.8) is 0 Å². The standard InChI is InChI=1S/C17H9BrClNO3S2/c1-2-7-20-15(21)14(25-17(20)22)9-11-8-13(18)16(23-11)24-12-5-3-10(19)4-6-12/h1,3-6,8-9H,7H2/b14-9+. The van der Waals surface area contributed by atoms with Crippen LogP contribution in [0.3, 0.4) is 0 Å². The van der Waals surface area contributed by atoms with Gasteiger partial charge < -0.3 is 4.42 Å². The molecular formula is C17H9BrClNO3S2. The van der Waals surface area contributed by atoms with Crippen molar-refractivity contribution in [3.8, 4) is 12.3 Å². The van der Waals surface area contributed by atoms with Crippen LogP contribution in [0.1, 0.15) is 5.76 Å². The third kappa shape index (κ3) is 4.15. The monoisotopic (exact) mass is 453 g/mol. The van der Waals surface area contributed by atoms with Crippen molar-refractivity contribution in [1.29, 1.82) is 0 Å². The minimum atomic E-state index is -0.410. The number of hydrogen-bond donors (Lipinski definition) is 0. The molecule has 0 spiro atoms. The zero-order chi connectivity index (χ0) is 18.0. The van der Waals surface area contributed by atoms with Gasteiger partial charge in [0.15, 0.2) is 5.09 Å². The van der Waals surface area contributed by atoms with Gasteiger partial charge in [-0.3, -0.25) is 14.5 Å². The molecule has 2 amide bonds. The molecule has 126 valence electrons. The lowest BCUT2D eigenvalue weighted by Crippen LogP contribution is -2.28. The highest BCUT2D eigenvalue weighted by Crippen LogP contribution is 2.38. The van der Waals surface area contributed by atoms with Gasteiger partial charge >= 0.3 is 0 Å². The average Bonchev–Trinajstić information content (AvgIpc) is 3.04. The number of furan rings is 1. The van der Waals surface area contributed by atoms with Crippen LogP contribution < -0.4 is 0 Å². The first kappa shape index (κ1) is 18.2. The molecule has 1 aliphatic heterocycles. The first-order valence-corrected chi connectivity index (χ1v) is 9.70. The second-order valence-corrected chi connectivity index (χ2v) is 8.14. The molecule has 0 bridgehead atoms. The molecule has 0 N–H and O–H groups in total. The third-order valence-corrected chi connectivity index (χ3v) is 6.10. The maximum Gasteiger partial charge on any atom is 0.294 e. The molecular weight excluding hydrogens is 446 g/mol. The summed E-state index contributed by atoms with van der Waals surface area (Å²) in [5.74, 6) is 2.36. The number of amides is 2. The number of thioether (sulfide) groups is 1. The molecule has 3 rings (SSSR count). The Balaban J connectivity index is 1.81. The molecule has 0 radical (unpaired) electrons. The smallest absolute Gasteiger partial charge is 0.294 e. The van der Waals surface area contributed by atoms with E-state index in [0.29, 0.717) is 15.9 Å². The molecule has 1 aliphatic rings. The van der Waals surface area contributed by atoms with E-state index in [1.807, 2.05) is 12.1 Å². The summed E-state index contributed by atoms with van der Waals surface area (Å²) in [7, 11) is 0. The summed E-state index contributed by atoms with van der Waals surface area (Å²) >= 11 is 11.6. The molecule has 0 aliphatic carbocycles. The van der Waals surface area contributed by atoms with E-state index < -0.39 is 5.91 Å². The topological polar surface area (TPSA) is 50.5 Å². The summed E-state index contributed by atoms with van der Waals surface area (Å²) in [5.41, 5.74) is 0. The van der Waals surface area contributed by atoms with E-state index in [4.69, 9.17) is 22.4 Å². The van der Waals surface area contributed by atoms with E-state index in [2.05, 4.69) is 21.9 Å². The summed E-state index contributed by atoms with van der Waals surface area (Å²) in [6, 6.07) is 9.10. The molecule has 1 fully saturated rings. The molecule has 0 saturated carbocycles. The van der Waals surface area contributed by atoms with Crippen molar-refractivity contribution in [3.05, 3.63) is 50.5 Å². The predicted octanol–water partition coefficient (Wildman–Crippen LogP) is 5.52. The number of hydrogen-bond acceptors (Lipinski definition) is 5. The van der Waals surface area contributed by atoms with Crippen molar-refractivity contribution in [2.45, 2.75) is 9.99 Å². The van der Waals surface area contributed by atoms with Crippen LogP contribution in [0, 0.1) is 12.3 Å². The average molecular weight is 455 g/mol. The van der Waals surface area contributed by atoms with Gasteiger partial charge in [-0.2, -0.15) is 0 Å². The maximum atomic E-state index is 12.2. The van der Waals surface area contributed by atoms with Crippen LogP contribution in [-0.4, -0.2) is 22.6 Å². The zero-order valence-electron chi connectivity index (χ0n) is 12.5. The van der Waals surface area contributed by atoms with E-state index in [1.165, 1.54) is 17.8 Å². The van der Waals surface area contributed by atoms with Crippen molar-refractivity contribution in [2.75, 3.05) is 6.54 Å². The lowest BCUT2D eigenvalue weighted by atomic mass is 10.3. The molecule has 25 heavy (non-hydrogen) atoms. The first-order valence-electron chi connectivity index (χ1n) is 6.89. The van der Waals surface area contributed by atoms with Crippen LogP contribution in [0.15, 0.2) is 54.1 Å². The lowest BCUT2D eigenvalue weighted by Gasteiger charge is -2.06. The van der Waals surface area contributed by atoms with E-state index in [-0.39, 0.29) is 16.7 Å². The van der Waals surface area contributed by atoms with Gasteiger partial charge in [0, 0.05) is 16.0 Å². The molecule has 0 atom stereocenters. The van der Waals surface area contributed by atoms with Crippen molar-refractivity contribution >= 4 is 68.3 Å². The van der Waals surface area contributed by atoms with Crippen LogP contribution >= 0.6 is 51.1 Å². The van der Waals surface area contributed by atoms with E-state index >= 15 is 0 Å². The molecule has 1 aromatic carbocycles. The van der Waals surface area contributed by atoms with Crippen molar-refractivity contribution < 1.29 is 14.0 Å². The second kappa shape index (κ2) is 7.75. The Labute approximate surface area is 166 Å². The SMILES string of the molecule is C#CCN1C(=O)S/C(=C/c2cc(Br)c(Sc3ccc(Cl)cc3)o2)C1=O. The number of benzene rings is 1. The third-order valence-electron chi connectivity index (χ3n) is 3.10. The number of nitrogens with zero attached hydrogens (tertiary/aromatic N) is 1. The molecule has 1 aromatic heterocycles. The summed E-state index contributed by atoms with van der Waals surface area (Å²) < 4.78 is 6.51. The number of terminal acetylenes is 1. The van der Waals surface area contributed by atoms with E-state index in [9.17, 15) is 9.59 Å². The Morgan fingerprint density at radius 3 is 2.76 bits per heavy atom. The summed E-state index contributed by atoms with van der Waals surface area (Å²) in [6.07, 6.45) is 6.72. The largest absolute Gasteiger partial charge is 0.449 e. The number of imide groups is 1. The summed E-state index contributed by atoms with van der Waals surface area (Å²) in [5, 5.41) is 0.915. The van der Waals surface area contributed by atoms with Crippen molar-refractivity contribution in [1.82, 2.24) is 4.90 Å². The van der Waals surface area contributed by atoms with Gasteiger partial charge in [0.2, 0.25) is 0 Å². The molecule has 0 unspecified atom stereocenters. The number of carbonyl (C=O) groups is 2. The predicted molar refractivity (Wildman–Crippen MR) is 103 cm³/mol. The Hall–Kier alpha value is -1.59. The van der Waals surface area contributed by atoms with Gasteiger partial charge in [-0.25, -0.2) is 0 Å². The summed E-state index contributed by atoms with van der Waals surface area (Å²) in [6.45, 7) is -0.0402. The van der Waals surface area contributed by atoms with Gasteiger partial charge in [0.1, 0.15) is 5.76 Å². The molecule has 4 nitrogen and oxygen atoms in total. The lowest BCUT2D eigenvalue weighted by molar-refractivity contribution is -0.122. The molecule has 2 aromatic rings. The molecule has 2 heterocycles. The van der Waals surface area contributed by atoms with E-state index in [0.717, 1.165) is 26.0 Å². The minimum absolute atomic E-state index is 0.0402. The van der Waals surface area contributed by atoms with Crippen LogP contribution in [0.5, 0.6) is 0 Å². The van der Waals surface area contributed by atoms with Crippen molar-refractivity contribution in [2.24, 2.45) is 0 Å². The highest BCUT2D eigenvalue weighted by Gasteiger charge is 2.34. The Morgan fingerprint density at radius 1 is 1.36 bits per heavy atom. The Kier molecular flexibility index (Phi) is 5.64. The number of rotatable bonds is 4. The van der Waals surface area contributed by atoms with Crippen LogP contribution in [0.2, 0.25) is 5.02 Å². The second-order valence-electron chi connectivity index (χ2n) is 4.81. The van der Waals surface area contributed by atoms with Gasteiger partial charge in [0.25, 0.3) is 11.1 Å². The van der Waals surface area contributed by atoms with E-state index in [1.54, 1.807) is 18.2 Å². The van der Waals surface area contributed by atoms with Crippen LogP contribution in [0.25, 0.3) is 6.08 Å². The van der Waals surface area contributed by atoms with Gasteiger partial charge in [-0.1, -0.05) is 29.3 Å². The normalized spacial score (nSPS) is 15.9. The first-order chi connectivity index (χ1) is 12.0. The number of carbonyl (C=O) groups excluding carboxylic acids is 2.